The Balaban J connectivity index is 0.000000214. The number of fused-ring (bicyclic) bond motifs is 7. The monoisotopic (exact) mass is 2050 g/mol. The van der Waals surface area contributed by atoms with Crippen molar-refractivity contribution in [1.29, 1.82) is 0 Å². The van der Waals surface area contributed by atoms with Gasteiger partial charge in [0.1, 0.15) is 23.3 Å². The normalized spacial score (nSPS) is 15.1. The lowest BCUT2D eigenvalue weighted by Gasteiger charge is -2.20. The average Bonchev–Trinajstić information content (AvgIpc) is 1.67. The van der Waals surface area contributed by atoms with Crippen molar-refractivity contribution >= 4 is 92.9 Å². The van der Waals surface area contributed by atoms with Crippen molar-refractivity contribution in [2.45, 2.75) is 236 Å². The number of aromatic nitrogens is 8. The summed E-state index contributed by atoms with van der Waals surface area (Å²) in [5.74, 6) is -3.37. The maximum absolute atomic E-state index is 16.5. The summed E-state index contributed by atoms with van der Waals surface area (Å²) in [6.45, 7) is 33.6. The van der Waals surface area contributed by atoms with E-state index < -0.39 is 44.4 Å². The zero-order valence-corrected chi connectivity index (χ0v) is 88.4. The van der Waals surface area contributed by atoms with E-state index in [-0.39, 0.29) is 132 Å². The molecule has 0 fully saturated rings. The predicted octanol–water partition coefficient (Wildman–Crippen LogP) is 22.2. The number of imidazole rings is 4. The van der Waals surface area contributed by atoms with Crippen LogP contribution in [0.3, 0.4) is 0 Å². The van der Waals surface area contributed by atoms with Gasteiger partial charge in [-0.3, -0.25) is 51.8 Å². The van der Waals surface area contributed by atoms with Crippen LogP contribution in [0.2, 0.25) is 0 Å². The van der Waals surface area contributed by atoms with Crippen LogP contribution in [-0.2, 0) is 97.2 Å². The number of aryl methyl sites for hydroxylation is 4. The van der Waals surface area contributed by atoms with Crippen molar-refractivity contribution in [3.63, 3.8) is 0 Å². The van der Waals surface area contributed by atoms with E-state index in [1.54, 1.807) is 135 Å². The van der Waals surface area contributed by atoms with Crippen LogP contribution in [-0.4, -0.2) is 136 Å². The highest BCUT2D eigenvalue weighted by Crippen LogP contribution is 2.40. The van der Waals surface area contributed by atoms with Crippen LogP contribution in [0.1, 0.15) is 246 Å². The number of carbonyl (C=O) groups excluding carboxylic acids is 7. The molecule has 12 aromatic rings. The molecule has 6 aliphatic rings. The number of amides is 4. The first-order valence-electron chi connectivity index (χ1n) is 49.6. The van der Waals surface area contributed by atoms with E-state index in [1.807, 2.05) is 134 Å². The van der Waals surface area contributed by atoms with E-state index in [2.05, 4.69) is 43.9 Å². The number of hydrogen-bond acceptors (Lipinski definition) is 20. The molecule has 0 radical (unpaired) electrons. The number of nitrogens with one attached hydrogen (secondary N) is 4. The molecule has 33 heteroatoms. The minimum atomic E-state index is -1.07. The minimum absolute atomic E-state index is 0.0244. The molecule has 4 amide bonds. The summed E-state index contributed by atoms with van der Waals surface area (Å²) in [5.41, 5.74) is 12.5. The van der Waals surface area contributed by atoms with E-state index in [1.165, 1.54) is 30.3 Å². The third kappa shape index (κ3) is 28.1. The number of benzene rings is 8. The van der Waals surface area contributed by atoms with Crippen LogP contribution in [0.4, 0.5) is 17.6 Å². The summed E-state index contributed by atoms with van der Waals surface area (Å²) in [5, 5.41) is 18.2. The second-order valence-corrected chi connectivity index (χ2v) is 41.1. The molecule has 8 aromatic carbocycles. The van der Waals surface area contributed by atoms with Gasteiger partial charge in [-0.15, -0.1) is 0 Å². The molecule has 18 rings (SSSR count). The van der Waals surface area contributed by atoms with Crippen LogP contribution >= 0.6 is 47.9 Å². The summed E-state index contributed by atoms with van der Waals surface area (Å²) in [7, 11) is 0. The van der Waals surface area contributed by atoms with Gasteiger partial charge in [-0.1, -0.05) is 240 Å². The van der Waals surface area contributed by atoms with E-state index in [4.69, 9.17) is 28.9 Å². The van der Waals surface area contributed by atoms with Gasteiger partial charge >= 0.3 is 5.97 Å². The van der Waals surface area contributed by atoms with E-state index in [0.717, 1.165) is 58.1 Å². The van der Waals surface area contributed by atoms with Gasteiger partial charge < -0.3 is 45.3 Å². The zero-order valence-electron chi connectivity index (χ0n) is 85.0. The molecule has 0 spiro atoms. The molecule has 10 heterocycles. The second kappa shape index (κ2) is 52.4. The highest BCUT2D eigenvalue weighted by Gasteiger charge is 2.35. The summed E-state index contributed by atoms with van der Waals surface area (Å²) in [6, 6.07) is 48.3. The summed E-state index contributed by atoms with van der Waals surface area (Å²) >= 11 is 7.32. The maximum Gasteiger partial charge on any atom is 0.336 e. The maximum atomic E-state index is 16.5. The van der Waals surface area contributed by atoms with Gasteiger partial charge in [0, 0.05) is 38.9 Å². The Kier molecular flexibility index (Phi) is 40.1. The van der Waals surface area contributed by atoms with Crippen LogP contribution in [0.25, 0.3) is 44.5 Å². The Morgan fingerprint density at radius 3 is 1.04 bits per heavy atom. The molecule has 5 N–H and O–H groups in total. The molecule has 4 aromatic heterocycles. The smallest absolute Gasteiger partial charge is 0.336 e. The fourth-order valence-electron chi connectivity index (χ4n) is 17.5. The fourth-order valence-corrected chi connectivity index (χ4v) is 21.7. The first kappa shape index (κ1) is 111. The third-order valence-electron chi connectivity index (χ3n) is 24.7. The largest absolute Gasteiger partial charge is 0.478 e. The van der Waals surface area contributed by atoms with Crippen molar-refractivity contribution in [3.8, 4) is 68.5 Å². The second-order valence-electron chi connectivity index (χ2n) is 36.9. The Morgan fingerprint density at radius 2 is 0.724 bits per heavy atom. The predicted molar refractivity (Wildman–Crippen MR) is 567 cm³/mol. The molecule has 0 saturated carbocycles. The molecule has 25 nitrogen and oxygen atoms in total. The number of hydrogen-bond donors (Lipinski definition) is 6. The molecule has 768 valence electrons. The Bertz CT molecular complexity index is 6430. The number of carboxylic acids is 1. The van der Waals surface area contributed by atoms with Crippen molar-refractivity contribution in [2.24, 2.45) is 23.7 Å². The molecular weight excluding hydrogens is 1930 g/mol. The Morgan fingerprint density at radius 1 is 0.414 bits per heavy atom. The van der Waals surface area contributed by atoms with Crippen LogP contribution in [0.15, 0.2) is 170 Å². The molecule has 4 atom stereocenters. The van der Waals surface area contributed by atoms with Crippen molar-refractivity contribution in [1.82, 2.24) is 59.5 Å². The molecule has 0 unspecified atom stereocenters. The number of carboxylic acid groups (broad SMARTS) is 1. The SMILES string of the molecule is CCOc1nc(CC)c(CNC(=O)[C@@H](S)CC(C)C)n1Cc1ccc(-c2ccccc2C(=O)O)cc1F.CCOc1nc(CC)c2n1Cc1ccc(cc1F)-c1ccccc1C(=O)S[C@@H](CC(C)C)C(=O)NC2.CCOc1nc(CC)c2n1Cc1ccc(cc1F)-c1ccccc1C(=O)S[C@@H](CC(C)C)C(=O)NCc1c(CC)nc(OCC)n1Cc1ccc(cc1F)-c1ccccc1C(=O)S[C@@H](CC(C)C)C(=O)NC2. The van der Waals surface area contributed by atoms with Gasteiger partial charge in [0.25, 0.3) is 24.0 Å². The standard InChI is InChI=1S/C56H64F2N6O6S2.C28H34FN3O4S.C28H32FN3O3S/c1-9-45-47-29-59-51(65)49(25-33(5)6)71-53(67)41-19-15-14-18-40(41)36-22-24-38(44(58)28-36)32-64-48(46(10-2)62-56(64)70-12-4)30-60-52(66)50(26-34(7)8)72-54(68)42-20-16-13-17-39(42)35-21-23-37(43(57)27-35)31-63(47)55(61-45)69-11-3;1-5-23-24(15-30-26(33)25(37)13-17(3)4)32(28(31-23)36-6-2)16-19-12-11-18(14-22(19)29)20-9-7-8-10-21(20)27(34)35;1-5-23-24-15-30-26(33)25(13-17(3)4)36-27(34)21-10-8-7-9-20(21)18-11-12-19(22(29)14-18)16-32(24)28(31-23)35-6-2/h13-24,27-28,33-34,49-50H,9-12,25-26,29-32H2,1-8H3,(H,59,65)(H,60,66);7-12,14,17,25,37H,5-6,13,15-16H2,1-4H3,(H,30,33)(H,34,35);7-12,14,17,25H,5-6,13,15-16H2,1-4H3,(H,30,33)/t49-,50-;2*25-/m000/s1. The molecule has 6 aliphatic heterocycles. The van der Waals surface area contributed by atoms with E-state index in [0.29, 0.717) is 202 Å². The topological polar surface area (TPSA) is 313 Å². The first-order valence-corrected chi connectivity index (χ1v) is 52.8. The lowest BCUT2D eigenvalue weighted by Crippen LogP contribution is -2.35. The van der Waals surface area contributed by atoms with Crippen molar-refractivity contribution in [3.05, 3.63) is 283 Å². The molecule has 0 aliphatic carbocycles. The van der Waals surface area contributed by atoms with Gasteiger partial charge in [0.2, 0.25) is 39.0 Å². The summed E-state index contributed by atoms with van der Waals surface area (Å²) in [6.07, 6.45) is 4.25. The van der Waals surface area contributed by atoms with Crippen LogP contribution in [0.5, 0.6) is 24.0 Å². The van der Waals surface area contributed by atoms with Crippen molar-refractivity contribution < 1.29 is 80.0 Å². The van der Waals surface area contributed by atoms with Crippen LogP contribution < -0.4 is 40.2 Å². The number of carbonyl (C=O) groups is 8. The number of halogens is 4. The number of thiol groups is 1. The number of ether oxygens (including phenoxy) is 4. The molecule has 6 bridgehead atoms. The number of nitrogens with zero attached hydrogens (tertiary/aromatic N) is 8. The van der Waals surface area contributed by atoms with Gasteiger partial charge in [-0.25, -0.2) is 22.4 Å². The van der Waals surface area contributed by atoms with Gasteiger partial charge in [0.05, 0.1) is 151 Å². The lowest BCUT2D eigenvalue weighted by atomic mass is 9.98. The quantitative estimate of drug-likeness (QED) is 0.0206. The molecular formula is C112H130F4N12O13S4. The van der Waals surface area contributed by atoms with Gasteiger partial charge in [-0.05, 0) is 196 Å². The van der Waals surface area contributed by atoms with Gasteiger partial charge in [-0.2, -0.15) is 32.6 Å². The number of aromatic carboxylic acids is 1. The van der Waals surface area contributed by atoms with E-state index in [9.17, 15) is 43.5 Å². The minimum Gasteiger partial charge on any atom is -0.478 e. The lowest BCUT2D eigenvalue weighted by molar-refractivity contribution is -0.121. The average molecular weight is 2060 g/mol. The highest BCUT2D eigenvalue weighted by atomic mass is 32.2. The number of thioether (sulfide) groups is 3. The van der Waals surface area contributed by atoms with Crippen molar-refractivity contribution in [2.75, 3.05) is 26.4 Å². The first-order chi connectivity index (χ1) is 69.6. The fraction of sp³-hybridized carbons (Fsp3) is 0.393. The Hall–Kier alpha value is -12.7. The highest BCUT2D eigenvalue weighted by molar-refractivity contribution is 8.15. The third-order valence-corrected chi connectivity index (χ3v) is 28.5. The molecule has 145 heavy (non-hydrogen) atoms. The summed E-state index contributed by atoms with van der Waals surface area (Å²) < 4.78 is 94.4. The van der Waals surface area contributed by atoms with E-state index >= 15 is 17.6 Å². The number of rotatable bonds is 27. The zero-order chi connectivity index (χ0) is 105. The Labute approximate surface area is 864 Å². The van der Waals surface area contributed by atoms with Gasteiger partial charge in [0.15, 0.2) is 0 Å². The molecule has 0 saturated heterocycles. The summed E-state index contributed by atoms with van der Waals surface area (Å²) in [4.78, 5) is 127. The van der Waals surface area contributed by atoms with Crippen LogP contribution in [0, 0.1) is 46.9 Å².